The molecule has 1 atom stereocenters. The molecular formula is C13H23N. The lowest BCUT2D eigenvalue weighted by Gasteiger charge is -2.27. The van der Waals surface area contributed by atoms with Gasteiger partial charge in [-0.05, 0) is 24.5 Å². The molecule has 0 heterocycles. The highest BCUT2D eigenvalue weighted by molar-refractivity contribution is 4.91. The highest BCUT2D eigenvalue weighted by Crippen LogP contribution is 2.32. The molecule has 0 spiro atoms. The van der Waals surface area contributed by atoms with Gasteiger partial charge in [0.05, 0.1) is 0 Å². The van der Waals surface area contributed by atoms with Crippen molar-refractivity contribution in [3.05, 3.63) is 24.9 Å². The Labute approximate surface area is 88.5 Å². The molecule has 14 heavy (non-hydrogen) atoms. The molecule has 1 rings (SSSR count). The van der Waals surface area contributed by atoms with Crippen LogP contribution in [-0.2, 0) is 0 Å². The molecule has 0 aromatic rings. The Morgan fingerprint density at radius 3 is 2.71 bits per heavy atom. The minimum atomic E-state index is 0.749. The van der Waals surface area contributed by atoms with Gasteiger partial charge in [-0.2, -0.15) is 0 Å². The summed E-state index contributed by atoms with van der Waals surface area (Å²) < 4.78 is 0. The number of rotatable bonds is 6. The van der Waals surface area contributed by atoms with Gasteiger partial charge in [-0.25, -0.2) is 0 Å². The molecule has 1 heteroatoms. The van der Waals surface area contributed by atoms with E-state index in [9.17, 15) is 0 Å². The fourth-order valence-electron chi connectivity index (χ4n) is 1.87. The predicted molar refractivity (Wildman–Crippen MR) is 63.1 cm³/mol. The SMILES string of the molecule is C=CN(C)C/C=C\[C@H](C)CC1CCC1. The lowest BCUT2D eigenvalue weighted by molar-refractivity contribution is 0.273. The van der Waals surface area contributed by atoms with Crippen LogP contribution < -0.4 is 0 Å². The Morgan fingerprint density at radius 2 is 2.21 bits per heavy atom. The maximum atomic E-state index is 3.72. The van der Waals surface area contributed by atoms with Gasteiger partial charge in [-0.3, -0.25) is 0 Å². The standard InChI is InChI=1S/C13H23N/c1-4-14(3)10-6-7-12(2)11-13-8-5-9-13/h4,6-7,12-13H,1,5,8-11H2,2-3H3/b7-6-/t12-/m0/s1. The number of likely N-dealkylation sites (N-methyl/N-ethyl adjacent to an activating group) is 1. The summed E-state index contributed by atoms with van der Waals surface area (Å²) in [7, 11) is 2.05. The monoisotopic (exact) mass is 193 g/mol. The van der Waals surface area contributed by atoms with E-state index in [2.05, 4.69) is 30.6 Å². The van der Waals surface area contributed by atoms with E-state index >= 15 is 0 Å². The normalized spacial score (nSPS) is 19.3. The van der Waals surface area contributed by atoms with Crippen LogP contribution in [0.4, 0.5) is 0 Å². The van der Waals surface area contributed by atoms with Crippen LogP contribution in [0.1, 0.15) is 32.6 Å². The van der Waals surface area contributed by atoms with E-state index < -0.39 is 0 Å². The maximum absolute atomic E-state index is 3.72. The zero-order valence-corrected chi connectivity index (χ0v) is 9.58. The van der Waals surface area contributed by atoms with Gasteiger partial charge in [-0.1, -0.05) is 44.9 Å². The van der Waals surface area contributed by atoms with Crippen LogP contribution in [0.5, 0.6) is 0 Å². The van der Waals surface area contributed by atoms with Gasteiger partial charge in [0.25, 0.3) is 0 Å². The van der Waals surface area contributed by atoms with E-state index in [1.165, 1.54) is 25.7 Å². The van der Waals surface area contributed by atoms with Gasteiger partial charge in [0, 0.05) is 13.6 Å². The molecule has 1 fully saturated rings. The summed E-state index contributed by atoms with van der Waals surface area (Å²) in [4.78, 5) is 2.09. The lowest BCUT2D eigenvalue weighted by Crippen LogP contribution is -2.14. The topological polar surface area (TPSA) is 3.24 Å². The molecule has 80 valence electrons. The Kier molecular flexibility index (Phi) is 4.78. The van der Waals surface area contributed by atoms with Crippen molar-refractivity contribution in [1.82, 2.24) is 4.90 Å². The second-order valence-corrected chi connectivity index (χ2v) is 4.56. The molecule has 0 unspecified atom stereocenters. The van der Waals surface area contributed by atoms with Gasteiger partial charge in [0.2, 0.25) is 0 Å². The van der Waals surface area contributed by atoms with Crippen molar-refractivity contribution in [3.8, 4) is 0 Å². The summed E-state index contributed by atoms with van der Waals surface area (Å²) in [5, 5.41) is 0. The number of allylic oxidation sites excluding steroid dienone is 1. The Balaban J connectivity index is 2.11. The number of hydrogen-bond acceptors (Lipinski definition) is 1. The molecule has 0 amide bonds. The van der Waals surface area contributed by atoms with Gasteiger partial charge in [0.15, 0.2) is 0 Å². The third-order valence-corrected chi connectivity index (χ3v) is 3.10. The quantitative estimate of drug-likeness (QED) is 0.584. The van der Waals surface area contributed by atoms with Crippen molar-refractivity contribution in [2.45, 2.75) is 32.6 Å². The fraction of sp³-hybridized carbons (Fsp3) is 0.692. The summed E-state index contributed by atoms with van der Waals surface area (Å²) in [6, 6.07) is 0. The molecular weight excluding hydrogens is 170 g/mol. The second kappa shape index (κ2) is 5.90. The molecule has 0 saturated heterocycles. The Morgan fingerprint density at radius 1 is 1.50 bits per heavy atom. The number of hydrogen-bond donors (Lipinski definition) is 0. The molecule has 0 bridgehead atoms. The molecule has 1 aliphatic rings. The smallest absolute Gasteiger partial charge is 0.0350 e. The molecule has 0 aliphatic heterocycles. The van der Waals surface area contributed by atoms with Crippen molar-refractivity contribution in [2.24, 2.45) is 11.8 Å². The summed E-state index contributed by atoms with van der Waals surface area (Å²) in [6.45, 7) is 7.03. The molecule has 1 nitrogen and oxygen atoms in total. The van der Waals surface area contributed by atoms with Gasteiger partial charge < -0.3 is 4.90 Å². The van der Waals surface area contributed by atoms with Crippen molar-refractivity contribution in [1.29, 1.82) is 0 Å². The largest absolute Gasteiger partial charge is 0.377 e. The molecule has 0 N–H and O–H groups in total. The summed E-state index contributed by atoms with van der Waals surface area (Å²) in [6.07, 6.45) is 12.2. The van der Waals surface area contributed by atoms with Gasteiger partial charge >= 0.3 is 0 Å². The maximum Gasteiger partial charge on any atom is 0.0350 e. The van der Waals surface area contributed by atoms with Gasteiger partial charge in [-0.15, -0.1) is 0 Å². The van der Waals surface area contributed by atoms with Crippen molar-refractivity contribution in [3.63, 3.8) is 0 Å². The van der Waals surface area contributed by atoms with Crippen LogP contribution in [0.3, 0.4) is 0 Å². The van der Waals surface area contributed by atoms with Crippen LogP contribution in [0.15, 0.2) is 24.9 Å². The number of nitrogens with zero attached hydrogens (tertiary/aromatic N) is 1. The second-order valence-electron chi connectivity index (χ2n) is 4.56. The molecule has 1 saturated carbocycles. The van der Waals surface area contributed by atoms with Crippen molar-refractivity contribution in [2.75, 3.05) is 13.6 Å². The van der Waals surface area contributed by atoms with E-state index in [-0.39, 0.29) is 0 Å². The zero-order valence-electron chi connectivity index (χ0n) is 9.58. The fourth-order valence-corrected chi connectivity index (χ4v) is 1.87. The van der Waals surface area contributed by atoms with Crippen LogP contribution in [0.2, 0.25) is 0 Å². The molecule has 0 aromatic heterocycles. The third kappa shape index (κ3) is 3.99. The van der Waals surface area contributed by atoms with E-state index in [1.807, 2.05) is 13.2 Å². The van der Waals surface area contributed by atoms with Crippen molar-refractivity contribution >= 4 is 0 Å². The van der Waals surface area contributed by atoms with Crippen LogP contribution in [-0.4, -0.2) is 18.5 Å². The molecule has 0 radical (unpaired) electrons. The highest BCUT2D eigenvalue weighted by Gasteiger charge is 2.18. The molecule has 0 aromatic carbocycles. The minimum Gasteiger partial charge on any atom is -0.377 e. The lowest BCUT2D eigenvalue weighted by atomic mass is 9.79. The average molecular weight is 193 g/mol. The van der Waals surface area contributed by atoms with Crippen LogP contribution >= 0.6 is 0 Å². The molecule has 1 aliphatic carbocycles. The van der Waals surface area contributed by atoms with E-state index in [1.54, 1.807) is 0 Å². The van der Waals surface area contributed by atoms with E-state index in [0.29, 0.717) is 0 Å². The first-order valence-electron chi connectivity index (χ1n) is 5.72. The first kappa shape index (κ1) is 11.4. The average Bonchev–Trinajstić information content (AvgIpc) is 2.11. The zero-order chi connectivity index (χ0) is 10.4. The third-order valence-electron chi connectivity index (χ3n) is 3.10. The van der Waals surface area contributed by atoms with Crippen LogP contribution in [0, 0.1) is 11.8 Å². The summed E-state index contributed by atoms with van der Waals surface area (Å²) in [5.74, 6) is 1.77. The first-order valence-corrected chi connectivity index (χ1v) is 5.72. The minimum absolute atomic E-state index is 0.749. The van der Waals surface area contributed by atoms with E-state index in [4.69, 9.17) is 0 Å². The summed E-state index contributed by atoms with van der Waals surface area (Å²) >= 11 is 0. The predicted octanol–water partition coefficient (Wildman–Crippen LogP) is 3.44. The van der Waals surface area contributed by atoms with Gasteiger partial charge in [0.1, 0.15) is 0 Å². The Hall–Kier alpha value is -0.720. The first-order chi connectivity index (χ1) is 6.72. The summed E-state index contributed by atoms with van der Waals surface area (Å²) in [5.41, 5.74) is 0. The van der Waals surface area contributed by atoms with Crippen LogP contribution in [0.25, 0.3) is 0 Å². The van der Waals surface area contributed by atoms with E-state index in [0.717, 1.165) is 18.4 Å². The van der Waals surface area contributed by atoms with Crippen molar-refractivity contribution < 1.29 is 0 Å². The highest BCUT2D eigenvalue weighted by atomic mass is 15.1. The Bertz CT molecular complexity index is 191.